The van der Waals surface area contributed by atoms with Gasteiger partial charge in [0.15, 0.2) is 0 Å². The van der Waals surface area contributed by atoms with Crippen molar-refractivity contribution in [1.82, 2.24) is 0 Å². The summed E-state index contributed by atoms with van der Waals surface area (Å²) in [5.41, 5.74) is 0.813. The van der Waals surface area contributed by atoms with E-state index in [0.29, 0.717) is 13.0 Å². The summed E-state index contributed by atoms with van der Waals surface area (Å²) >= 11 is 9.39. The zero-order valence-electron chi connectivity index (χ0n) is 8.74. The van der Waals surface area contributed by atoms with Crippen LogP contribution in [-0.4, -0.2) is 24.9 Å². The quantitative estimate of drug-likeness (QED) is 0.786. The molecule has 5 heteroatoms. The molecule has 1 aliphatic rings. The van der Waals surface area contributed by atoms with Crippen LogP contribution in [0.3, 0.4) is 0 Å². The van der Waals surface area contributed by atoms with Crippen molar-refractivity contribution in [2.45, 2.75) is 11.8 Å². The van der Waals surface area contributed by atoms with Gasteiger partial charge in [0.2, 0.25) is 5.91 Å². The monoisotopic (exact) mass is 303 g/mol. The summed E-state index contributed by atoms with van der Waals surface area (Å²) in [6.07, 6.45) is 0.394. The molecule has 1 fully saturated rings. The topological polar surface area (TPSA) is 29.5 Å². The minimum atomic E-state index is -0.106. The van der Waals surface area contributed by atoms with Crippen LogP contribution in [-0.2, 0) is 4.79 Å². The van der Waals surface area contributed by atoms with Gasteiger partial charge < -0.3 is 9.64 Å². The molecule has 0 bridgehead atoms. The Kier molecular flexibility index (Phi) is 3.40. The molecule has 86 valence electrons. The van der Waals surface area contributed by atoms with Gasteiger partial charge in [0.05, 0.1) is 18.2 Å². The Morgan fingerprint density at radius 3 is 2.88 bits per heavy atom. The van der Waals surface area contributed by atoms with E-state index >= 15 is 0 Å². The summed E-state index contributed by atoms with van der Waals surface area (Å²) in [5, 5.41) is -0.106. The molecule has 1 aromatic carbocycles. The van der Waals surface area contributed by atoms with Crippen molar-refractivity contribution in [1.29, 1.82) is 0 Å². The zero-order valence-corrected chi connectivity index (χ0v) is 11.1. The largest absolute Gasteiger partial charge is 0.497 e. The smallest absolute Gasteiger partial charge is 0.228 e. The average Bonchev–Trinajstić information content (AvgIpc) is 2.58. The fraction of sp³-hybridized carbons (Fsp3) is 0.364. The molecular weight excluding hydrogens is 293 g/mol. The predicted octanol–water partition coefficient (Wildman–Crippen LogP) is 2.80. The van der Waals surface area contributed by atoms with Crippen LogP contribution in [0, 0.1) is 0 Å². The Morgan fingerprint density at radius 1 is 1.56 bits per heavy atom. The average molecular weight is 305 g/mol. The maximum absolute atomic E-state index is 11.7. The second-order valence-electron chi connectivity index (χ2n) is 3.62. The number of anilines is 1. The summed E-state index contributed by atoms with van der Waals surface area (Å²) in [6.45, 7) is 0.548. The first kappa shape index (κ1) is 11.7. The SMILES string of the molecule is COc1ccc(Br)c(N2CC(Cl)CC2=O)c1. The Bertz CT molecular complexity index is 424. The fourth-order valence-electron chi connectivity index (χ4n) is 1.72. The molecule has 2 rings (SSSR count). The van der Waals surface area contributed by atoms with Crippen molar-refractivity contribution in [3.63, 3.8) is 0 Å². The third-order valence-electron chi connectivity index (χ3n) is 2.52. The minimum absolute atomic E-state index is 0.0500. The molecule has 1 amide bonds. The molecule has 1 unspecified atom stereocenters. The second-order valence-corrected chi connectivity index (χ2v) is 5.09. The molecule has 3 nitrogen and oxygen atoms in total. The zero-order chi connectivity index (χ0) is 11.7. The summed E-state index contributed by atoms with van der Waals surface area (Å²) in [7, 11) is 1.60. The lowest BCUT2D eigenvalue weighted by molar-refractivity contribution is -0.117. The van der Waals surface area contributed by atoms with E-state index in [2.05, 4.69) is 15.9 Å². The molecule has 1 heterocycles. The normalized spacial score (nSPS) is 20.3. The van der Waals surface area contributed by atoms with Crippen LogP contribution < -0.4 is 9.64 Å². The summed E-state index contributed by atoms with van der Waals surface area (Å²) in [5.74, 6) is 0.776. The molecule has 0 aromatic heterocycles. The van der Waals surface area contributed by atoms with Gasteiger partial charge >= 0.3 is 0 Å². The number of nitrogens with zero attached hydrogens (tertiary/aromatic N) is 1. The van der Waals surface area contributed by atoms with Crippen molar-refractivity contribution in [3.8, 4) is 5.75 Å². The van der Waals surface area contributed by atoms with E-state index in [1.807, 2.05) is 18.2 Å². The van der Waals surface area contributed by atoms with Crippen molar-refractivity contribution >= 4 is 39.1 Å². The van der Waals surface area contributed by atoms with Crippen LogP contribution in [0.15, 0.2) is 22.7 Å². The number of rotatable bonds is 2. The molecule has 0 N–H and O–H groups in total. The molecule has 0 aliphatic carbocycles. The highest BCUT2D eigenvalue weighted by Crippen LogP contribution is 2.33. The lowest BCUT2D eigenvalue weighted by Gasteiger charge is -2.18. The predicted molar refractivity (Wildman–Crippen MR) is 67.3 cm³/mol. The van der Waals surface area contributed by atoms with E-state index < -0.39 is 0 Å². The van der Waals surface area contributed by atoms with E-state index in [4.69, 9.17) is 16.3 Å². The number of carbonyl (C=O) groups excluding carboxylic acids is 1. The van der Waals surface area contributed by atoms with Crippen molar-refractivity contribution < 1.29 is 9.53 Å². The molecule has 1 atom stereocenters. The lowest BCUT2D eigenvalue weighted by atomic mass is 10.3. The van der Waals surface area contributed by atoms with E-state index in [9.17, 15) is 4.79 Å². The summed E-state index contributed by atoms with van der Waals surface area (Å²) in [6, 6.07) is 5.53. The summed E-state index contributed by atoms with van der Waals surface area (Å²) < 4.78 is 6.01. The lowest BCUT2D eigenvalue weighted by Crippen LogP contribution is -2.24. The molecule has 0 saturated carbocycles. The number of hydrogen-bond acceptors (Lipinski definition) is 2. The minimum Gasteiger partial charge on any atom is -0.497 e. The van der Waals surface area contributed by atoms with Gasteiger partial charge in [-0.15, -0.1) is 11.6 Å². The highest BCUT2D eigenvalue weighted by atomic mass is 79.9. The van der Waals surface area contributed by atoms with Gasteiger partial charge in [-0.05, 0) is 28.1 Å². The van der Waals surface area contributed by atoms with Crippen LogP contribution in [0.4, 0.5) is 5.69 Å². The van der Waals surface area contributed by atoms with Gasteiger partial charge in [-0.3, -0.25) is 4.79 Å². The molecule has 1 aliphatic heterocycles. The van der Waals surface area contributed by atoms with Gasteiger partial charge in [0.1, 0.15) is 5.75 Å². The Balaban J connectivity index is 2.35. The highest BCUT2D eigenvalue weighted by molar-refractivity contribution is 9.10. The molecule has 1 aromatic rings. The third kappa shape index (κ3) is 2.18. The Labute approximate surface area is 107 Å². The molecule has 1 saturated heterocycles. The number of ether oxygens (including phenoxy) is 1. The first-order chi connectivity index (χ1) is 7.61. The van der Waals surface area contributed by atoms with Gasteiger partial charge in [-0.25, -0.2) is 0 Å². The van der Waals surface area contributed by atoms with Crippen molar-refractivity contribution in [3.05, 3.63) is 22.7 Å². The number of carbonyl (C=O) groups is 1. The van der Waals surface area contributed by atoms with Gasteiger partial charge in [0, 0.05) is 23.5 Å². The van der Waals surface area contributed by atoms with Crippen LogP contribution in [0.25, 0.3) is 0 Å². The summed E-state index contributed by atoms with van der Waals surface area (Å²) in [4.78, 5) is 13.4. The second kappa shape index (κ2) is 4.63. The van der Waals surface area contributed by atoms with E-state index in [-0.39, 0.29) is 11.3 Å². The van der Waals surface area contributed by atoms with Crippen LogP contribution >= 0.6 is 27.5 Å². The van der Waals surface area contributed by atoms with E-state index in [0.717, 1.165) is 15.9 Å². The maximum atomic E-state index is 11.7. The van der Waals surface area contributed by atoms with Gasteiger partial charge in [-0.1, -0.05) is 0 Å². The molecular formula is C11H11BrClNO2. The molecule has 0 spiro atoms. The number of benzene rings is 1. The Hall–Kier alpha value is -0.740. The van der Waals surface area contributed by atoms with Crippen molar-refractivity contribution in [2.75, 3.05) is 18.6 Å². The fourth-order valence-corrected chi connectivity index (χ4v) is 2.45. The molecule has 16 heavy (non-hydrogen) atoms. The number of methoxy groups -OCH3 is 1. The molecule has 0 radical (unpaired) electrons. The highest BCUT2D eigenvalue weighted by Gasteiger charge is 2.30. The number of alkyl halides is 1. The third-order valence-corrected chi connectivity index (χ3v) is 3.48. The number of hydrogen-bond donors (Lipinski definition) is 0. The van der Waals surface area contributed by atoms with Crippen LogP contribution in [0.1, 0.15) is 6.42 Å². The van der Waals surface area contributed by atoms with Gasteiger partial charge in [-0.2, -0.15) is 0 Å². The standard InChI is InChI=1S/C11H11BrClNO2/c1-16-8-2-3-9(12)10(5-8)14-6-7(13)4-11(14)15/h2-3,5,7H,4,6H2,1H3. The Morgan fingerprint density at radius 2 is 2.31 bits per heavy atom. The maximum Gasteiger partial charge on any atom is 0.228 e. The van der Waals surface area contributed by atoms with E-state index in [1.165, 1.54) is 0 Å². The first-order valence-corrected chi connectivity index (χ1v) is 6.12. The first-order valence-electron chi connectivity index (χ1n) is 4.90. The number of halogens is 2. The number of amides is 1. The van der Waals surface area contributed by atoms with E-state index in [1.54, 1.807) is 12.0 Å². The van der Waals surface area contributed by atoms with Gasteiger partial charge in [0.25, 0.3) is 0 Å². The van der Waals surface area contributed by atoms with Crippen LogP contribution in [0.5, 0.6) is 5.75 Å². The van der Waals surface area contributed by atoms with Crippen molar-refractivity contribution in [2.24, 2.45) is 0 Å². The van der Waals surface area contributed by atoms with Crippen LogP contribution in [0.2, 0.25) is 0 Å².